The van der Waals surface area contributed by atoms with Gasteiger partial charge in [-0.15, -0.1) is 0 Å². The third-order valence-electron chi connectivity index (χ3n) is 5.48. The Bertz CT molecular complexity index is 1070. The van der Waals surface area contributed by atoms with Gasteiger partial charge in [0.15, 0.2) is 23.0 Å². The Labute approximate surface area is 202 Å². The molecule has 0 aliphatic heterocycles. The van der Waals surface area contributed by atoms with E-state index in [1.807, 2.05) is 31.2 Å². The minimum absolute atomic E-state index is 0.00728. The van der Waals surface area contributed by atoms with Crippen molar-refractivity contribution in [2.45, 2.75) is 19.2 Å². The van der Waals surface area contributed by atoms with E-state index in [2.05, 4.69) is 17.4 Å². The smallest absolute Gasteiger partial charge is 0.200 e. The topological polar surface area (TPSA) is 113 Å². The van der Waals surface area contributed by atoms with Crippen LogP contribution >= 0.6 is 24.0 Å². The van der Waals surface area contributed by atoms with E-state index in [1.54, 1.807) is 23.9 Å². The summed E-state index contributed by atoms with van der Waals surface area (Å²) in [5, 5.41) is 52.3. The number of allylic oxidation sites excluding steroid dienone is 4. The second-order valence-corrected chi connectivity index (χ2v) is 9.31. The van der Waals surface area contributed by atoms with E-state index in [9.17, 15) is 25.5 Å². The summed E-state index contributed by atoms with van der Waals surface area (Å²) in [5.74, 6) is -0.258. The van der Waals surface area contributed by atoms with Gasteiger partial charge in [-0.05, 0) is 46.9 Å². The molecular formula is C25H27NO5S2. The lowest BCUT2D eigenvalue weighted by Gasteiger charge is -2.28. The van der Waals surface area contributed by atoms with Crippen molar-refractivity contribution in [2.24, 2.45) is 11.8 Å². The van der Waals surface area contributed by atoms with E-state index in [0.717, 1.165) is 11.3 Å². The fourth-order valence-corrected chi connectivity index (χ4v) is 4.89. The van der Waals surface area contributed by atoms with Crippen molar-refractivity contribution in [3.05, 3.63) is 88.9 Å². The highest BCUT2D eigenvalue weighted by atomic mass is 32.2. The standard InChI is InChI=1S/C25H27NO5S2/c1-15-18(7-8-23(32)26-12-17-9-20(27)25(31)21(28)10-17)11-22(29)24(30)19(15)14-33-13-16-5-3-2-4-6-16/h2-11,15,19,27-31H,12-14H2,1H3,(H,26,32)/b8-7+. The van der Waals surface area contributed by atoms with Crippen LogP contribution in [0.2, 0.25) is 0 Å². The Kier molecular flexibility index (Phi) is 8.30. The number of hydrogen-bond acceptors (Lipinski definition) is 7. The van der Waals surface area contributed by atoms with E-state index in [4.69, 9.17) is 12.2 Å². The molecule has 0 amide bonds. The van der Waals surface area contributed by atoms with Crippen LogP contribution in [0.1, 0.15) is 18.1 Å². The number of hydrogen-bond donors (Lipinski definition) is 6. The molecule has 2 atom stereocenters. The Morgan fingerprint density at radius 2 is 1.70 bits per heavy atom. The van der Waals surface area contributed by atoms with Crippen molar-refractivity contribution >= 4 is 29.0 Å². The number of phenolic OH excluding ortho intramolecular Hbond substituents is 3. The average molecular weight is 486 g/mol. The van der Waals surface area contributed by atoms with Crippen molar-refractivity contribution in [1.82, 2.24) is 5.32 Å². The van der Waals surface area contributed by atoms with Crippen LogP contribution in [-0.4, -0.2) is 36.3 Å². The SMILES string of the molecule is CC1C(/C=C/C(=S)NCc2cc(O)c(O)c(O)c2)=CC(O)=C(O)C1CSCc1ccccc1. The first-order chi connectivity index (χ1) is 15.8. The van der Waals surface area contributed by atoms with Gasteiger partial charge in [0.1, 0.15) is 5.76 Å². The van der Waals surface area contributed by atoms with E-state index in [1.165, 1.54) is 17.7 Å². The van der Waals surface area contributed by atoms with E-state index in [-0.39, 0.29) is 29.9 Å². The van der Waals surface area contributed by atoms with E-state index >= 15 is 0 Å². The van der Waals surface area contributed by atoms with Gasteiger partial charge in [-0.2, -0.15) is 11.8 Å². The zero-order valence-corrected chi connectivity index (χ0v) is 19.7. The fourth-order valence-electron chi connectivity index (χ4n) is 3.51. The Morgan fingerprint density at radius 3 is 2.36 bits per heavy atom. The summed E-state index contributed by atoms with van der Waals surface area (Å²) in [6.45, 7) is 2.24. The first kappa shape index (κ1) is 24.5. The first-order valence-electron chi connectivity index (χ1n) is 10.4. The molecule has 33 heavy (non-hydrogen) atoms. The Hall–Kier alpha value is -3.10. The average Bonchev–Trinajstić information content (AvgIpc) is 2.80. The summed E-state index contributed by atoms with van der Waals surface area (Å²) in [6.07, 6.45) is 5.05. The molecule has 0 saturated heterocycles. The molecule has 2 aromatic carbocycles. The number of thioether (sulfide) groups is 1. The van der Waals surface area contributed by atoms with Gasteiger partial charge >= 0.3 is 0 Å². The van der Waals surface area contributed by atoms with Crippen molar-refractivity contribution < 1.29 is 25.5 Å². The third-order valence-corrected chi connectivity index (χ3v) is 6.89. The Balaban J connectivity index is 1.58. The maximum Gasteiger partial charge on any atom is 0.200 e. The molecule has 6 nitrogen and oxygen atoms in total. The van der Waals surface area contributed by atoms with Gasteiger partial charge in [-0.3, -0.25) is 0 Å². The maximum absolute atomic E-state index is 10.4. The summed E-state index contributed by atoms with van der Waals surface area (Å²) >= 11 is 7.03. The van der Waals surface area contributed by atoms with Crippen LogP contribution in [0.5, 0.6) is 17.2 Å². The first-order valence-corrected chi connectivity index (χ1v) is 12.0. The summed E-state index contributed by atoms with van der Waals surface area (Å²) in [5.41, 5.74) is 2.60. The fraction of sp³-hybridized carbons (Fsp3) is 0.240. The molecule has 174 valence electrons. The molecule has 0 radical (unpaired) electrons. The largest absolute Gasteiger partial charge is 0.508 e. The molecule has 0 saturated carbocycles. The Morgan fingerprint density at radius 1 is 1.03 bits per heavy atom. The highest BCUT2D eigenvalue weighted by Crippen LogP contribution is 2.36. The van der Waals surface area contributed by atoms with E-state index < -0.39 is 17.2 Å². The summed E-state index contributed by atoms with van der Waals surface area (Å²) in [7, 11) is 0. The normalized spacial score (nSPS) is 18.4. The van der Waals surface area contributed by atoms with Gasteiger partial charge in [0.25, 0.3) is 0 Å². The van der Waals surface area contributed by atoms with Crippen LogP contribution in [0.15, 0.2) is 77.8 Å². The lowest BCUT2D eigenvalue weighted by Crippen LogP contribution is -2.24. The number of phenols is 3. The predicted octanol–water partition coefficient (Wildman–Crippen LogP) is 5.23. The van der Waals surface area contributed by atoms with E-state index in [0.29, 0.717) is 16.3 Å². The molecule has 6 N–H and O–H groups in total. The van der Waals surface area contributed by atoms with Crippen LogP contribution in [0.3, 0.4) is 0 Å². The lowest BCUT2D eigenvalue weighted by atomic mass is 9.82. The summed E-state index contributed by atoms with van der Waals surface area (Å²) in [4.78, 5) is 0.420. The van der Waals surface area contributed by atoms with Crippen molar-refractivity contribution in [2.75, 3.05) is 5.75 Å². The molecule has 0 fully saturated rings. The highest BCUT2D eigenvalue weighted by molar-refractivity contribution is 7.98. The minimum Gasteiger partial charge on any atom is -0.508 e. The number of benzene rings is 2. The predicted molar refractivity (Wildman–Crippen MR) is 136 cm³/mol. The van der Waals surface area contributed by atoms with Gasteiger partial charge in [0, 0.05) is 24.0 Å². The van der Waals surface area contributed by atoms with Crippen molar-refractivity contribution in [3.8, 4) is 17.2 Å². The minimum atomic E-state index is -0.563. The molecule has 2 unspecified atom stereocenters. The lowest BCUT2D eigenvalue weighted by molar-refractivity contribution is 0.259. The molecule has 3 rings (SSSR count). The number of aliphatic hydroxyl groups is 2. The number of rotatable bonds is 8. The van der Waals surface area contributed by atoms with Crippen LogP contribution in [0.25, 0.3) is 0 Å². The second-order valence-electron chi connectivity index (χ2n) is 7.84. The van der Waals surface area contributed by atoms with Gasteiger partial charge in [0.2, 0.25) is 0 Å². The number of aromatic hydroxyl groups is 3. The molecule has 0 aromatic heterocycles. The molecule has 1 aliphatic rings. The highest BCUT2D eigenvalue weighted by Gasteiger charge is 2.29. The number of thiocarbonyl (C=S) groups is 1. The molecule has 0 bridgehead atoms. The monoisotopic (exact) mass is 485 g/mol. The second kappa shape index (κ2) is 11.2. The van der Waals surface area contributed by atoms with Crippen LogP contribution in [-0.2, 0) is 12.3 Å². The van der Waals surface area contributed by atoms with Gasteiger partial charge < -0.3 is 30.8 Å². The van der Waals surface area contributed by atoms with Gasteiger partial charge in [0.05, 0.1) is 4.99 Å². The van der Waals surface area contributed by atoms with Gasteiger partial charge in [-0.25, -0.2) is 0 Å². The molecule has 0 spiro atoms. The summed E-state index contributed by atoms with van der Waals surface area (Å²) in [6, 6.07) is 12.8. The molecule has 0 heterocycles. The van der Waals surface area contributed by atoms with Gasteiger partial charge in [-0.1, -0.05) is 55.5 Å². The summed E-state index contributed by atoms with van der Waals surface area (Å²) < 4.78 is 0. The zero-order chi connectivity index (χ0) is 24.0. The van der Waals surface area contributed by atoms with Crippen LogP contribution in [0, 0.1) is 11.8 Å². The van der Waals surface area contributed by atoms with Crippen molar-refractivity contribution in [1.29, 1.82) is 0 Å². The molecule has 2 aromatic rings. The number of aliphatic hydroxyl groups excluding tert-OH is 2. The quantitative estimate of drug-likeness (QED) is 0.171. The number of nitrogens with one attached hydrogen (secondary N) is 1. The van der Waals surface area contributed by atoms with Crippen molar-refractivity contribution in [3.63, 3.8) is 0 Å². The molecule has 8 heteroatoms. The molecule has 1 aliphatic carbocycles. The third kappa shape index (κ3) is 6.46. The zero-order valence-electron chi connectivity index (χ0n) is 18.1. The van der Waals surface area contributed by atoms with Crippen LogP contribution in [0.4, 0.5) is 0 Å². The maximum atomic E-state index is 10.4. The van der Waals surface area contributed by atoms with Crippen LogP contribution < -0.4 is 5.32 Å². The molecular weight excluding hydrogens is 458 g/mol.